The fourth-order valence-electron chi connectivity index (χ4n) is 4.00. The van der Waals surface area contributed by atoms with E-state index in [0.29, 0.717) is 12.2 Å². The first-order valence-corrected chi connectivity index (χ1v) is 10.5. The number of rotatable bonds is 4. The molecule has 4 rings (SSSR count). The molecule has 0 aliphatic carbocycles. The number of piperazine rings is 1. The van der Waals surface area contributed by atoms with Gasteiger partial charge in [0.15, 0.2) is 5.96 Å². The van der Waals surface area contributed by atoms with Crippen LogP contribution >= 0.6 is 24.0 Å². The molecular weight excluding hydrogens is 510 g/mol. The highest BCUT2D eigenvalue weighted by atomic mass is 127. The topological polar surface area (TPSA) is 56.2 Å². The molecule has 31 heavy (non-hydrogen) atoms. The molecule has 0 saturated carbocycles. The SMILES string of the molecule is CN=C(NCc1cccnc1N1CCOCC1)N1CCN(c2ccccc2F)CC1.I. The highest BCUT2D eigenvalue weighted by Gasteiger charge is 2.22. The molecule has 0 atom stereocenters. The predicted octanol–water partition coefficient (Wildman–Crippen LogP) is 2.57. The standard InChI is InChI=1S/C22H29FN6O.HI/c1-24-22(29-11-9-27(10-12-29)20-7-3-2-6-19(20)23)26-17-18-5-4-8-25-21(18)28-13-15-30-16-14-28;/h2-8H,9-17H2,1H3,(H,24,26);1H. The fraction of sp³-hybridized carbons (Fsp3) is 0.455. The first-order valence-electron chi connectivity index (χ1n) is 10.5. The van der Waals surface area contributed by atoms with Gasteiger partial charge in [0.25, 0.3) is 0 Å². The number of nitrogens with zero attached hydrogens (tertiary/aromatic N) is 5. The molecule has 0 radical (unpaired) electrons. The second-order valence-corrected chi connectivity index (χ2v) is 7.41. The van der Waals surface area contributed by atoms with Gasteiger partial charge in [0.05, 0.1) is 18.9 Å². The monoisotopic (exact) mass is 540 g/mol. The van der Waals surface area contributed by atoms with Crippen LogP contribution in [-0.4, -0.2) is 75.4 Å². The maximum atomic E-state index is 14.1. The summed E-state index contributed by atoms with van der Waals surface area (Å²) in [5.41, 5.74) is 1.82. The fourth-order valence-corrected chi connectivity index (χ4v) is 4.00. The van der Waals surface area contributed by atoms with E-state index < -0.39 is 0 Å². The van der Waals surface area contributed by atoms with E-state index in [2.05, 4.69) is 36.1 Å². The van der Waals surface area contributed by atoms with Crippen molar-refractivity contribution < 1.29 is 9.13 Å². The van der Waals surface area contributed by atoms with E-state index in [1.165, 1.54) is 6.07 Å². The smallest absolute Gasteiger partial charge is 0.194 e. The van der Waals surface area contributed by atoms with Crippen LogP contribution < -0.4 is 15.1 Å². The molecule has 3 heterocycles. The van der Waals surface area contributed by atoms with E-state index in [1.807, 2.05) is 24.4 Å². The van der Waals surface area contributed by atoms with Crippen molar-refractivity contribution in [2.24, 2.45) is 4.99 Å². The number of para-hydroxylation sites is 1. The Bertz CT molecular complexity index is 869. The lowest BCUT2D eigenvalue weighted by atomic mass is 10.2. The summed E-state index contributed by atoms with van der Waals surface area (Å²) in [5, 5.41) is 3.49. The molecule has 2 aliphatic heterocycles. The summed E-state index contributed by atoms with van der Waals surface area (Å²) in [6.07, 6.45) is 1.84. The summed E-state index contributed by atoms with van der Waals surface area (Å²) < 4.78 is 19.6. The van der Waals surface area contributed by atoms with Crippen LogP contribution in [0.5, 0.6) is 0 Å². The van der Waals surface area contributed by atoms with Crippen molar-refractivity contribution >= 4 is 41.4 Å². The van der Waals surface area contributed by atoms with Gasteiger partial charge in [-0.3, -0.25) is 4.99 Å². The molecule has 2 fully saturated rings. The van der Waals surface area contributed by atoms with Gasteiger partial charge in [0.1, 0.15) is 11.6 Å². The van der Waals surface area contributed by atoms with Gasteiger partial charge in [-0.15, -0.1) is 24.0 Å². The van der Waals surface area contributed by atoms with E-state index in [-0.39, 0.29) is 29.8 Å². The molecule has 0 bridgehead atoms. The highest BCUT2D eigenvalue weighted by Crippen LogP contribution is 2.21. The molecule has 0 amide bonds. The third-order valence-corrected chi connectivity index (χ3v) is 5.60. The van der Waals surface area contributed by atoms with Crippen LogP contribution in [0, 0.1) is 5.82 Å². The minimum Gasteiger partial charge on any atom is -0.378 e. The van der Waals surface area contributed by atoms with Gasteiger partial charge in [-0.1, -0.05) is 18.2 Å². The molecule has 0 unspecified atom stereocenters. The zero-order valence-electron chi connectivity index (χ0n) is 17.8. The van der Waals surface area contributed by atoms with E-state index in [0.717, 1.165) is 69.8 Å². The number of halogens is 2. The maximum absolute atomic E-state index is 14.1. The molecule has 9 heteroatoms. The van der Waals surface area contributed by atoms with E-state index in [9.17, 15) is 4.39 Å². The molecule has 1 N–H and O–H groups in total. The van der Waals surface area contributed by atoms with Crippen LogP contribution in [0.15, 0.2) is 47.6 Å². The van der Waals surface area contributed by atoms with E-state index in [4.69, 9.17) is 4.74 Å². The number of pyridine rings is 1. The summed E-state index contributed by atoms with van der Waals surface area (Å²) in [6.45, 7) is 6.93. The number of aromatic nitrogens is 1. The second kappa shape index (κ2) is 11.5. The lowest BCUT2D eigenvalue weighted by molar-refractivity contribution is 0.122. The summed E-state index contributed by atoms with van der Waals surface area (Å²) in [6, 6.07) is 11.0. The van der Waals surface area contributed by atoms with E-state index in [1.54, 1.807) is 13.1 Å². The summed E-state index contributed by atoms with van der Waals surface area (Å²) >= 11 is 0. The van der Waals surface area contributed by atoms with Crippen LogP contribution in [0.3, 0.4) is 0 Å². The number of benzene rings is 1. The minimum absolute atomic E-state index is 0. The van der Waals surface area contributed by atoms with Crippen LogP contribution in [0.4, 0.5) is 15.9 Å². The molecule has 1 aromatic heterocycles. The van der Waals surface area contributed by atoms with Crippen LogP contribution in [0.2, 0.25) is 0 Å². The number of ether oxygens (including phenoxy) is 1. The van der Waals surface area contributed by atoms with Gasteiger partial charge in [-0.25, -0.2) is 9.37 Å². The largest absolute Gasteiger partial charge is 0.378 e. The number of anilines is 2. The average Bonchev–Trinajstić information content (AvgIpc) is 2.81. The van der Waals surface area contributed by atoms with Gasteiger partial charge in [0, 0.05) is 64.6 Å². The minimum atomic E-state index is -0.166. The molecule has 7 nitrogen and oxygen atoms in total. The molecule has 2 aliphatic rings. The first kappa shape index (κ1) is 23.5. The maximum Gasteiger partial charge on any atom is 0.194 e. The molecule has 2 aromatic rings. The van der Waals surface area contributed by atoms with Crippen molar-refractivity contribution in [1.82, 2.24) is 15.2 Å². The average molecular weight is 540 g/mol. The lowest BCUT2D eigenvalue weighted by Crippen LogP contribution is -2.52. The van der Waals surface area contributed by atoms with Gasteiger partial charge in [-0.05, 0) is 18.2 Å². The van der Waals surface area contributed by atoms with Crippen molar-refractivity contribution in [2.45, 2.75) is 6.54 Å². The summed E-state index contributed by atoms with van der Waals surface area (Å²) in [5.74, 6) is 1.70. The molecule has 1 aromatic carbocycles. The van der Waals surface area contributed by atoms with Gasteiger partial charge in [-0.2, -0.15) is 0 Å². The number of guanidine groups is 1. The normalized spacial score (nSPS) is 17.4. The highest BCUT2D eigenvalue weighted by molar-refractivity contribution is 14.0. The zero-order valence-corrected chi connectivity index (χ0v) is 20.2. The number of hydrogen-bond acceptors (Lipinski definition) is 5. The van der Waals surface area contributed by atoms with Crippen LogP contribution in [-0.2, 0) is 11.3 Å². The Kier molecular flexibility index (Phi) is 8.70. The molecule has 0 spiro atoms. The molecule has 2 saturated heterocycles. The van der Waals surface area contributed by atoms with Crippen molar-refractivity contribution in [3.05, 3.63) is 54.0 Å². The van der Waals surface area contributed by atoms with Crippen LogP contribution in [0.1, 0.15) is 5.56 Å². The Labute approximate surface area is 200 Å². The van der Waals surface area contributed by atoms with Crippen molar-refractivity contribution in [1.29, 1.82) is 0 Å². The van der Waals surface area contributed by atoms with Gasteiger partial charge >= 0.3 is 0 Å². The Hall–Kier alpha value is -2.14. The first-order chi connectivity index (χ1) is 14.8. The number of morpholine rings is 1. The van der Waals surface area contributed by atoms with Crippen molar-refractivity contribution in [3.63, 3.8) is 0 Å². The predicted molar refractivity (Wildman–Crippen MR) is 133 cm³/mol. The third kappa shape index (κ3) is 5.76. The third-order valence-electron chi connectivity index (χ3n) is 5.60. The summed E-state index contributed by atoms with van der Waals surface area (Å²) in [7, 11) is 1.80. The van der Waals surface area contributed by atoms with Gasteiger partial charge in [0.2, 0.25) is 0 Å². The number of aliphatic imine (C=N–C) groups is 1. The lowest BCUT2D eigenvalue weighted by Gasteiger charge is -2.38. The quantitative estimate of drug-likeness (QED) is 0.366. The van der Waals surface area contributed by atoms with Crippen molar-refractivity contribution in [2.75, 3.05) is 69.3 Å². The second-order valence-electron chi connectivity index (χ2n) is 7.41. The Morgan fingerprint density at radius 2 is 1.77 bits per heavy atom. The van der Waals surface area contributed by atoms with E-state index >= 15 is 0 Å². The van der Waals surface area contributed by atoms with Crippen molar-refractivity contribution in [3.8, 4) is 0 Å². The number of nitrogens with one attached hydrogen (secondary N) is 1. The Morgan fingerprint density at radius 1 is 1.03 bits per heavy atom. The molecule has 168 valence electrons. The number of hydrogen-bond donors (Lipinski definition) is 1. The van der Waals surface area contributed by atoms with Crippen LogP contribution in [0.25, 0.3) is 0 Å². The zero-order chi connectivity index (χ0) is 20.8. The summed E-state index contributed by atoms with van der Waals surface area (Å²) in [4.78, 5) is 15.7. The molecular formula is C22H30FIN6O. The van der Waals surface area contributed by atoms with Gasteiger partial charge < -0.3 is 24.8 Å². The Morgan fingerprint density at radius 3 is 2.48 bits per heavy atom. The Balaban J connectivity index is 0.00000272.